The molecule has 0 heterocycles. The summed E-state index contributed by atoms with van der Waals surface area (Å²) in [5.74, 6) is -0.965. The number of benzene rings is 2. The third kappa shape index (κ3) is 6.40. The maximum Gasteiger partial charge on any atom is 0.246 e. The van der Waals surface area contributed by atoms with Crippen LogP contribution < -0.4 is 16.0 Å². The van der Waals surface area contributed by atoms with Crippen molar-refractivity contribution in [2.24, 2.45) is 5.73 Å². The van der Waals surface area contributed by atoms with Gasteiger partial charge in [0.25, 0.3) is 0 Å². The molecule has 0 fully saturated rings. The third-order valence-corrected chi connectivity index (χ3v) is 5.08. The quantitative estimate of drug-likeness (QED) is 0.446. The van der Waals surface area contributed by atoms with E-state index in [0.29, 0.717) is 28.3 Å². The fourth-order valence-electron chi connectivity index (χ4n) is 3.02. The third-order valence-electron chi connectivity index (χ3n) is 4.84. The molecule has 0 aromatic heterocycles. The number of amides is 2. The SMILES string of the molecule is CCCCC[C@H](N)C(=O)NCC(=O)N(C)c1ccc(Cl)cc1C(=O)c1ccccc1. The zero-order chi connectivity index (χ0) is 22.1. The number of carbonyl (C=O) groups is 3. The normalized spacial score (nSPS) is 11.6. The topological polar surface area (TPSA) is 92.5 Å². The lowest BCUT2D eigenvalue weighted by Crippen LogP contribution is -2.45. The highest BCUT2D eigenvalue weighted by Crippen LogP contribution is 2.26. The first-order valence-electron chi connectivity index (χ1n) is 10.0. The molecule has 1 atom stereocenters. The number of hydrogen-bond acceptors (Lipinski definition) is 4. The molecule has 7 heteroatoms. The van der Waals surface area contributed by atoms with Crippen LogP contribution in [0.1, 0.15) is 48.5 Å². The van der Waals surface area contributed by atoms with Crippen molar-refractivity contribution >= 4 is 34.9 Å². The van der Waals surface area contributed by atoms with Gasteiger partial charge in [0.1, 0.15) is 0 Å². The second-order valence-electron chi connectivity index (χ2n) is 7.13. The van der Waals surface area contributed by atoms with Crippen LogP contribution in [0.25, 0.3) is 0 Å². The first kappa shape index (κ1) is 23.6. The van der Waals surface area contributed by atoms with Gasteiger partial charge in [0.15, 0.2) is 5.78 Å². The Labute approximate surface area is 182 Å². The number of halogens is 1. The van der Waals surface area contributed by atoms with E-state index < -0.39 is 6.04 Å². The lowest BCUT2D eigenvalue weighted by atomic mass is 10.0. The zero-order valence-electron chi connectivity index (χ0n) is 17.4. The second-order valence-corrected chi connectivity index (χ2v) is 7.57. The molecule has 160 valence electrons. The van der Waals surface area contributed by atoms with E-state index in [-0.39, 0.29) is 24.1 Å². The predicted octanol–water partition coefficient (Wildman–Crippen LogP) is 3.56. The number of carbonyl (C=O) groups excluding carboxylic acids is 3. The molecule has 0 bridgehead atoms. The molecule has 0 spiro atoms. The van der Waals surface area contributed by atoms with E-state index in [0.717, 1.165) is 19.3 Å². The lowest BCUT2D eigenvalue weighted by molar-refractivity contribution is -0.125. The van der Waals surface area contributed by atoms with Gasteiger partial charge in [-0.15, -0.1) is 0 Å². The van der Waals surface area contributed by atoms with E-state index in [1.54, 1.807) is 43.4 Å². The minimum absolute atomic E-state index is 0.210. The average molecular weight is 430 g/mol. The summed E-state index contributed by atoms with van der Waals surface area (Å²) in [5.41, 5.74) is 7.10. The van der Waals surface area contributed by atoms with Gasteiger partial charge >= 0.3 is 0 Å². The lowest BCUT2D eigenvalue weighted by Gasteiger charge is -2.21. The number of likely N-dealkylation sites (N-methyl/N-ethyl adjacent to an activating group) is 1. The Balaban J connectivity index is 2.09. The van der Waals surface area contributed by atoms with Gasteiger partial charge in [0.05, 0.1) is 18.3 Å². The van der Waals surface area contributed by atoms with Crippen molar-refractivity contribution in [3.63, 3.8) is 0 Å². The summed E-state index contributed by atoms with van der Waals surface area (Å²) >= 11 is 6.10. The fraction of sp³-hybridized carbons (Fsp3) is 0.348. The Bertz CT molecular complexity index is 887. The number of nitrogens with zero attached hydrogens (tertiary/aromatic N) is 1. The molecule has 0 saturated heterocycles. The highest BCUT2D eigenvalue weighted by molar-refractivity contribution is 6.31. The van der Waals surface area contributed by atoms with Crippen LogP contribution in [0.2, 0.25) is 5.02 Å². The Hall–Kier alpha value is -2.70. The highest BCUT2D eigenvalue weighted by atomic mass is 35.5. The molecule has 0 radical (unpaired) electrons. The Kier molecular flexibility index (Phi) is 9.02. The maximum atomic E-state index is 12.9. The number of nitrogens with two attached hydrogens (primary N) is 1. The number of anilines is 1. The number of hydrogen-bond donors (Lipinski definition) is 2. The van der Waals surface area contributed by atoms with Crippen LogP contribution in [-0.4, -0.2) is 37.2 Å². The minimum atomic E-state index is -0.639. The summed E-state index contributed by atoms with van der Waals surface area (Å²) in [6, 6.07) is 12.9. The van der Waals surface area contributed by atoms with E-state index in [2.05, 4.69) is 12.2 Å². The molecule has 3 N–H and O–H groups in total. The van der Waals surface area contributed by atoms with Crippen LogP contribution in [-0.2, 0) is 9.59 Å². The van der Waals surface area contributed by atoms with Crippen molar-refractivity contribution in [3.8, 4) is 0 Å². The average Bonchev–Trinajstić information content (AvgIpc) is 2.76. The summed E-state index contributed by atoms with van der Waals surface area (Å²) < 4.78 is 0. The Morgan fingerprint density at radius 1 is 1.10 bits per heavy atom. The predicted molar refractivity (Wildman–Crippen MR) is 120 cm³/mol. The van der Waals surface area contributed by atoms with Crippen molar-refractivity contribution in [2.45, 2.75) is 38.6 Å². The van der Waals surface area contributed by atoms with Crippen LogP contribution in [0.5, 0.6) is 0 Å². The molecular weight excluding hydrogens is 402 g/mol. The van der Waals surface area contributed by atoms with Crippen LogP contribution >= 0.6 is 11.6 Å². The van der Waals surface area contributed by atoms with Gasteiger partial charge in [-0.05, 0) is 24.6 Å². The maximum absolute atomic E-state index is 12.9. The summed E-state index contributed by atoms with van der Waals surface area (Å²) in [6.45, 7) is 1.87. The van der Waals surface area contributed by atoms with Crippen molar-refractivity contribution < 1.29 is 14.4 Å². The molecule has 0 unspecified atom stereocenters. The summed E-state index contributed by atoms with van der Waals surface area (Å²) in [4.78, 5) is 39.1. The van der Waals surface area contributed by atoms with Crippen molar-refractivity contribution in [1.82, 2.24) is 5.32 Å². The molecule has 0 aliphatic heterocycles. The van der Waals surface area contributed by atoms with Gasteiger partial charge in [-0.2, -0.15) is 0 Å². The standard InChI is InChI=1S/C23H28ClN3O3/c1-3-4-6-11-19(25)23(30)26-15-21(28)27(2)20-13-12-17(24)14-18(20)22(29)16-9-7-5-8-10-16/h5,7-10,12-14,19H,3-4,6,11,15,25H2,1-2H3,(H,26,30)/t19-/m0/s1. The van der Waals surface area contributed by atoms with Crippen molar-refractivity contribution in [2.75, 3.05) is 18.5 Å². The van der Waals surface area contributed by atoms with Gasteiger partial charge < -0.3 is 16.0 Å². The number of ketones is 1. The van der Waals surface area contributed by atoms with E-state index in [4.69, 9.17) is 17.3 Å². The highest BCUT2D eigenvalue weighted by Gasteiger charge is 2.21. The van der Waals surface area contributed by atoms with Gasteiger partial charge in [0.2, 0.25) is 11.8 Å². The van der Waals surface area contributed by atoms with E-state index >= 15 is 0 Å². The molecule has 2 amide bonds. The molecule has 30 heavy (non-hydrogen) atoms. The molecule has 2 rings (SSSR count). The van der Waals surface area contributed by atoms with Gasteiger partial charge in [-0.3, -0.25) is 14.4 Å². The summed E-state index contributed by atoms with van der Waals surface area (Å²) in [6.07, 6.45) is 3.51. The smallest absolute Gasteiger partial charge is 0.246 e. The van der Waals surface area contributed by atoms with Crippen LogP contribution in [0, 0.1) is 0 Å². The van der Waals surface area contributed by atoms with E-state index in [1.165, 1.54) is 11.0 Å². The van der Waals surface area contributed by atoms with Gasteiger partial charge in [-0.1, -0.05) is 68.1 Å². The molecule has 6 nitrogen and oxygen atoms in total. The molecular formula is C23H28ClN3O3. The molecule has 2 aromatic carbocycles. The van der Waals surface area contributed by atoms with Crippen LogP contribution in [0.15, 0.2) is 48.5 Å². The summed E-state index contributed by atoms with van der Waals surface area (Å²) in [7, 11) is 1.56. The number of nitrogens with one attached hydrogen (secondary N) is 1. The summed E-state index contributed by atoms with van der Waals surface area (Å²) in [5, 5.41) is 2.98. The molecule has 0 saturated carbocycles. The first-order valence-corrected chi connectivity index (χ1v) is 10.4. The minimum Gasteiger partial charge on any atom is -0.346 e. The zero-order valence-corrected chi connectivity index (χ0v) is 18.1. The molecule has 2 aromatic rings. The van der Waals surface area contributed by atoms with Crippen LogP contribution in [0.4, 0.5) is 5.69 Å². The van der Waals surface area contributed by atoms with Gasteiger partial charge in [0, 0.05) is 23.2 Å². The van der Waals surface area contributed by atoms with E-state index in [1.807, 2.05) is 6.07 Å². The largest absolute Gasteiger partial charge is 0.346 e. The Morgan fingerprint density at radius 3 is 2.47 bits per heavy atom. The number of unbranched alkanes of at least 4 members (excludes halogenated alkanes) is 2. The van der Waals surface area contributed by atoms with E-state index in [9.17, 15) is 14.4 Å². The van der Waals surface area contributed by atoms with Gasteiger partial charge in [-0.25, -0.2) is 0 Å². The first-order chi connectivity index (χ1) is 14.3. The monoisotopic (exact) mass is 429 g/mol. The van der Waals surface area contributed by atoms with Crippen molar-refractivity contribution in [1.29, 1.82) is 0 Å². The molecule has 0 aliphatic rings. The Morgan fingerprint density at radius 2 is 1.80 bits per heavy atom. The number of rotatable bonds is 10. The fourth-order valence-corrected chi connectivity index (χ4v) is 3.19. The van der Waals surface area contributed by atoms with Crippen LogP contribution in [0.3, 0.4) is 0 Å². The van der Waals surface area contributed by atoms with Crippen molar-refractivity contribution in [3.05, 3.63) is 64.7 Å². The second kappa shape index (κ2) is 11.5. The molecule has 0 aliphatic carbocycles.